The van der Waals surface area contributed by atoms with Crippen LogP contribution in [0.25, 0.3) is 0 Å². The Hall–Kier alpha value is -2.15. The van der Waals surface area contributed by atoms with E-state index in [1.807, 2.05) is 18.7 Å². The van der Waals surface area contributed by atoms with Crippen molar-refractivity contribution in [1.29, 1.82) is 0 Å². The monoisotopic (exact) mass is 495 g/mol. The van der Waals surface area contributed by atoms with Crippen LogP contribution in [0.5, 0.6) is 0 Å². The summed E-state index contributed by atoms with van der Waals surface area (Å²) in [6, 6.07) is -0.659. The number of aromatic nitrogens is 1. The number of thioether (sulfide) groups is 1. The van der Waals surface area contributed by atoms with Crippen molar-refractivity contribution in [3.8, 4) is 0 Å². The highest BCUT2D eigenvalue weighted by Gasteiger charge is 2.59. The summed E-state index contributed by atoms with van der Waals surface area (Å²) in [7, 11) is 0. The van der Waals surface area contributed by atoms with Crippen LogP contribution in [0.1, 0.15) is 37.7 Å². The van der Waals surface area contributed by atoms with Crippen LogP contribution < -0.4 is 15.3 Å². The van der Waals surface area contributed by atoms with E-state index in [1.54, 1.807) is 12.3 Å². The van der Waals surface area contributed by atoms with Gasteiger partial charge in [-0.2, -0.15) is 0 Å². The van der Waals surface area contributed by atoms with Gasteiger partial charge < -0.3 is 35.2 Å². The van der Waals surface area contributed by atoms with Crippen molar-refractivity contribution in [2.24, 2.45) is 11.8 Å². The smallest absolute Gasteiger partial charge is 0.271 e. The number of hydrogen-bond donors (Lipinski definition) is 3. The molecule has 5 atom stereocenters. The number of thiazole rings is 1. The first kappa shape index (κ1) is 24.0. The van der Waals surface area contributed by atoms with Gasteiger partial charge in [0.05, 0.1) is 42.4 Å². The molecule has 0 saturated carbocycles. The van der Waals surface area contributed by atoms with Gasteiger partial charge in [-0.15, -0.1) is 23.1 Å². The first-order valence-electron chi connectivity index (χ1n) is 10.9. The molecule has 10 nitrogen and oxygen atoms in total. The van der Waals surface area contributed by atoms with Crippen molar-refractivity contribution in [2.45, 2.75) is 50.6 Å². The summed E-state index contributed by atoms with van der Waals surface area (Å²) >= 11 is 2.79. The summed E-state index contributed by atoms with van der Waals surface area (Å²) in [5.74, 6) is -2.85. The molecule has 0 spiro atoms. The van der Waals surface area contributed by atoms with E-state index < -0.39 is 18.0 Å². The van der Waals surface area contributed by atoms with Gasteiger partial charge in [0.25, 0.3) is 5.91 Å². The molecule has 3 N–H and O–H groups in total. The number of carboxylic acids is 1. The Morgan fingerprint density at radius 1 is 1.42 bits per heavy atom. The van der Waals surface area contributed by atoms with E-state index in [4.69, 9.17) is 0 Å². The zero-order chi connectivity index (χ0) is 24.0. The highest BCUT2D eigenvalue weighted by atomic mass is 32.2. The van der Waals surface area contributed by atoms with E-state index in [9.17, 15) is 29.7 Å². The maximum absolute atomic E-state index is 12.4. The van der Waals surface area contributed by atoms with E-state index in [0.717, 1.165) is 0 Å². The fraction of sp³-hybridized carbons (Fsp3) is 0.619. The van der Waals surface area contributed by atoms with E-state index in [1.165, 1.54) is 28.0 Å². The van der Waals surface area contributed by atoms with Crippen LogP contribution in [-0.2, 0) is 9.59 Å². The van der Waals surface area contributed by atoms with Gasteiger partial charge in [-0.25, -0.2) is 4.98 Å². The van der Waals surface area contributed by atoms with E-state index in [-0.39, 0.29) is 47.4 Å². The molecule has 3 aliphatic rings. The van der Waals surface area contributed by atoms with Gasteiger partial charge in [-0.3, -0.25) is 9.59 Å². The molecule has 4 heterocycles. The lowest BCUT2D eigenvalue weighted by Crippen LogP contribution is -2.64. The number of nitrogens with zero attached hydrogens (tertiary/aromatic N) is 3. The molecule has 0 radical (unpaired) electrons. The highest BCUT2D eigenvalue weighted by Crippen LogP contribution is 2.52. The molecule has 0 bridgehead atoms. The Balaban J connectivity index is 1.39. The van der Waals surface area contributed by atoms with E-state index in [2.05, 4.69) is 10.3 Å². The van der Waals surface area contributed by atoms with Crippen LogP contribution >= 0.6 is 23.1 Å². The van der Waals surface area contributed by atoms with Crippen molar-refractivity contribution in [3.05, 3.63) is 21.7 Å². The topological polar surface area (TPSA) is 146 Å². The molecule has 3 aliphatic heterocycles. The second-order valence-corrected chi connectivity index (χ2v) is 10.9. The minimum Gasteiger partial charge on any atom is -0.543 e. The van der Waals surface area contributed by atoms with Crippen LogP contribution in [0, 0.1) is 11.8 Å². The average Bonchev–Trinajstić information content (AvgIpc) is 3.30. The largest absolute Gasteiger partial charge is 0.543 e. The van der Waals surface area contributed by atoms with Crippen molar-refractivity contribution in [3.63, 3.8) is 0 Å². The Morgan fingerprint density at radius 3 is 2.70 bits per heavy atom. The summed E-state index contributed by atoms with van der Waals surface area (Å²) in [6.07, 6.45) is -0.220. The molecular weight excluding hydrogens is 468 g/mol. The summed E-state index contributed by atoms with van der Waals surface area (Å²) in [5, 5.41) is 36.2. The minimum atomic E-state index is -1.37. The lowest BCUT2D eigenvalue weighted by molar-refractivity contribution is -0.301. The lowest BCUT2D eigenvalue weighted by Gasteiger charge is -2.47. The molecule has 12 heteroatoms. The van der Waals surface area contributed by atoms with Crippen LogP contribution in [0.4, 0.5) is 5.13 Å². The van der Waals surface area contributed by atoms with Gasteiger partial charge in [0.15, 0.2) is 5.13 Å². The van der Waals surface area contributed by atoms with Crippen LogP contribution in [0.15, 0.2) is 16.0 Å². The van der Waals surface area contributed by atoms with Crippen molar-refractivity contribution in [1.82, 2.24) is 15.2 Å². The van der Waals surface area contributed by atoms with Gasteiger partial charge in [0.2, 0.25) is 5.91 Å². The average molecular weight is 496 g/mol. The molecule has 2 amide bonds. The van der Waals surface area contributed by atoms with Gasteiger partial charge in [0.1, 0.15) is 5.69 Å². The maximum Gasteiger partial charge on any atom is 0.271 e. The highest BCUT2D eigenvalue weighted by molar-refractivity contribution is 8.03. The number of aliphatic carboxylic acids is 1. The fourth-order valence-electron chi connectivity index (χ4n) is 4.57. The van der Waals surface area contributed by atoms with Gasteiger partial charge >= 0.3 is 0 Å². The molecular formula is C21H27N4O6S2-. The SMILES string of the molecule is CC[C@@H](CO)NC(=O)c1csc(N2CC(SC3=C(C(=O)[O-])N4C(=O)[C@H]([C@@H](C)O)[C@H]4[C@H]3C)C2)n1. The molecule has 2 fully saturated rings. The van der Waals surface area contributed by atoms with Crippen molar-refractivity contribution < 1.29 is 29.7 Å². The molecule has 0 aromatic carbocycles. The van der Waals surface area contributed by atoms with Crippen LogP contribution in [-0.4, -0.2) is 81.0 Å². The second kappa shape index (κ2) is 9.24. The molecule has 4 rings (SSSR count). The maximum atomic E-state index is 12.4. The van der Waals surface area contributed by atoms with Crippen LogP contribution in [0.2, 0.25) is 0 Å². The first-order chi connectivity index (χ1) is 15.7. The second-order valence-electron chi connectivity index (χ2n) is 8.68. The Morgan fingerprint density at radius 2 is 2.12 bits per heavy atom. The number of aliphatic hydroxyl groups excluding tert-OH is 2. The van der Waals surface area contributed by atoms with Crippen LogP contribution in [0.3, 0.4) is 0 Å². The van der Waals surface area contributed by atoms with Gasteiger partial charge in [-0.05, 0) is 13.3 Å². The number of carbonyl (C=O) groups is 3. The number of aliphatic hydroxyl groups is 2. The summed E-state index contributed by atoms with van der Waals surface area (Å²) in [5.41, 5.74) is 0.233. The third kappa shape index (κ3) is 4.13. The molecule has 2 saturated heterocycles. The van der Waals surface area contributed by atoms with Gasteiger partial charge in [-0.1, -0.05) is 13.8 Å². The number of hydrogen-bond acceptors (Lipinski definition) is 10. The predicted molar refractivity (Wildman–Crippen MR) is 121 cm³/mol. The lowest BCUT2D eigenvalue weighted by atomic mass is 9.79. The standard InChI is InChI=1S/C21H28N4O6S2/c1-4-11(7-26)22-18(28)13-8-32-21(23-13)24-5-12(6-24)33-17-9(2)15-14(10(3)27)19(29)25(15)16(17)20(30)31/h8-12,14-15,26-27H,4-7H2,1-3H3,(H,22,28)(H,30,31)/p-1/t9-,10-,11+,14-,15-/m1/s1. The zero-order valence-corrected chi connectivity index (χ0v) is 20.2. The van der Waals surface area contributed by atoms with Gasteiger partial charge in [0, 0.05) is 34.5 Å². The molecule has 180 valence electrons. The minimum absolute atomic E-state index is 0.0691. The molecule has 1 aromatic heterocycles. The molecule has 33 heavy (non-hydrogen) atoms. The normalized spacial score (nSPS) is 26.6. The predicted octanol–water partition coefficient (Wildman–Crippen LogP) is -0.615. The number of carbonyl (C=O) groups excluding carboxylic acids is 3. The number of β-lactam (4-membered cyclic amide) rings is 1. The number of carboxylic acid groups (broad SMARTS) is 1. The summed E-state index contributed by atoms with van der Waals surface area (Å²) in [4.78, 5) is 44.8. The number of fused-ring (bicyclic) bond motifs is 1. The Kier molecular flexibility index (Phi) is 6.72. The first-order valence-corrected chi connectivity index (χ1v) is 12.7. The Bertz CT molecular complexity index is 985. The summed E-state index contributed by atoms with van der Waals surface area (Å²) < 4.78 is 0. The zero-order valence-electron chi connectivity index (χ0n) is 18.6. The third-order valence-electron chi connectivity index (χ3n) is 6.49. The number of nitrogens with one attached hydrogen (secondary N) is 1. The third-order valence-corrected chi connectivity index (χ3v) is 8.84. The number of rotatable bonds is 9. The fourth-order valence-corrected chi connectivity index (χ4v) is 6.91. The number of amides is 2. The molecule has 0 aliphatic carbocycles. The molecule has 0 unspecified atom stereocenters. The van der Waals surface area contributed by atoms with Crippen molar-refractivity contribution in [2.75, 3.05) is 24.6 Å². The Labute approximate surface area is 199 Å². The van der Waals surface area contributed by atoms with Crippen molar-refractivity contribution >= 4 is 46.0 Å². The summed E-state index contributed by atoms with van der Waals surface area (Å²) in [6.45, 7) is 6.44. The van der Waals surface area contributed by atoms with E-state index >= 15 is 0 Å². The number of anilines is 1. The quantitative estimate of drug-likeness (QED) is 0.382. The van der Waals surface area contributed by atoms with E-state index in [0.29, 0.717) is 35.2 Å². The molecule has 1 aromatic rings.